The highest BCUT2D eigenvalue weighted by Crippen LogP contribution is 2.21. The first kappa shape index (κ1) is 8.95. The summed E-state index contributed by atoms with van der Waals surface area (Å²) in [7, 11) is 1.57. The summed E-state index contributed by atoms with van der Waals surface area (Å²) in [6.07, 6.45) is 1.27. The van der Waals surface area contributed by atoms with E-state index in [-0.39, 0.29) is 17.9 Å². The van der Waals surface area contributed by atoms with E-state index in [1.807, 2.05) is 0 Å². The Labute approximate surface area is 79.4 Å². The summed E-state index contributed by atoms with van der Waals surface area (Å²) in [5.41, 5.74) is 0. The van der Waals surface area contributed by atoms with Gasteiger partial charge in [-0.25, -0.2) is 0 Å². The summed E-state index contributed by atoms with van der Waals surface area (Å²) < 4.78 is 11.8. The van der Waals surface area contributed by atoms with Crippen LogP contribution < -0.4 is 4.74 Å². The van der Waals surface area contributed by atoms with Gasteiger partial charge in [0.1, 0.15) is 18.9 Å². The molecule has 0 unspecified atom stereocenters. The number of fused-ring (bicyclic) bond motifs is 1. The van der Waals surface area contributed by atoms with E-state index in [0.29, 0.717) is 13.2 Å². The Kier molecular flexibility index (Phi) is 2.08. The van der Waals surface area contributed by atoms with Crippen molar-refractivity contribution in [3.05, 3.63) is 16.3 Å². The Morgan fingerprint density at radius 1 is 1.86 bits per heavy atom. The second-order valence-corrected chi connectivity index (χ2v) is 2.96. The maximum Gasteiger partial charge on any atom is 0.414 e. The van der Waals surface area contributed by atoms with Crippen molar-refractivity contribution in [2.45, 2.75) is 12.6 Å². The van der Waals surface area contributed by atoms with Crippen LogP contribution in [0.4, 0.5) is 5.82 Å². The fraction of sp³-hybridized carbons (Fsp3) is 0.571. The van der Waals surface area contributed by atoms with Crippen molar-refractivity contribution in [1.82, 2.24) is 9.55 Å². The highest BCUT2D eigenvalue weighted by Gasteiger charge is 2.27. The van der Waals surface area contributed by atoms with Crippen molar-refractivity contribution < 1.29 is 14.4 Å². The van der Waals surface area contributed by atoms with Crippen LogP contribution in [0.1, 0.15) is 0 Å². The molecule has 76 valence electrons. The van der Waals surface area contributed by atoms with Gasteiger partial charge in [-0.2, -0.15) is 0 Å². The van der Waals surface area contributed by atoms with E-state index in [9.17, 15) is 10.1 Å². The average molecular weight is 199 g/mol. The largest absolute Gasteiger partial charge is 0.443 e. The average Bonchev–Trinajstić information content (AvgIpc) is 2.59. The molecule has 2 rings (SSSR count). The quantitative estimate of drug-likeness (QED) is 0.502. The van der Waals surface area contributed by atoms with Crippen LogP contribution in [0.25, 0.3) is 0 Å². The lowest BCUT2D eigenvalue weighted by molar-refractivity contribution is -0.389. The van der Waals surface area contributed by atoms with E-state index in [1.165, 1.54) is 6.20 Å². The van der Waals surface area contributed by atoms with E-state index in [0.717, 1.165) is 0 Å². The Balaban J connectivity index is 2.25. The van der Waals surface area contributed by atoms with Gasteiger partial charge in [-0.15, -0.1) is 0 Å². The minimum Gasteiger partial charge on any atom is -0.443 e. The first-order valence-electron chi connectivity index (χ1n) is 4.08. The molecule has 7 heteroatoms. The number of aromatic nitrogens is 2. The van der Waals surface area contributed by atoms with Crippen LogP contribution in [0.5, 0.6) is 6.01 Å². The molecule has 0 aromatic carbocycles. The van der Waals surface area contributed by atoms with Gasteiger partial charge in [0.05, 0.1) is 6.54 Å². The summed E-state index contributed by atoms with van der Waals surface area (Å²) in [5.74, 6) is -0.197. The topological polar surface area (TPSA) is 79.4 Å². The molecule has 1 atom stereocenters. The summed E-state index contributed by atoms with van der Waals surface area (Å²) in [6.45, 7) is 0.914. The van der Waals surface area contributed by atoms with Crippen molar-refractivity contribution in [3.8, 4) is 6.01 Å². The zero-order valence-electron chi connectivity index (χ0n) is 7.54. The van der Waals surface area contributed by atoms with Crippen molar-refractivity contribution in [2.24, 2.45) is 0 Å². The Bertz CT molecular complexity index is 362. The monoisotopic (exact) mass is 199 g/mol. The summed E-state index contributed by atoms with van der Waals surface area (Å²) in [5, 5.41) is 10.4. The molecule has 0 bridgehead atoms. The number of methoxy groups -OCH3 is 1. The van der Waals surface area contributed by atoms with Crippen molar-refractivity contribution in [2.75, 3.05) is 13.7 Å². The highest BCUT2D eigenvalue weighted by atomic mass is 16.6. The lowest BCUT2D eigenvalue weighted by Crippen LogP contribution is -2.31. The Morgan fingerprint density at radius 2 is 2.64 bits per heavy atom. The van der Waals surface area contributed by atoms with Gasteiger partial charge < -0.3 is 19.6 Å². The predicted molar refractivity (Wildman–Crippen MR) is 45.2 cm³/mol. The van der Waals surface area contributed by atoms with Crippen LogP contribution in [0.2, 0.25) is 0 Å². The van der Waals surface area contributed by atoms with Gasteiger partial charge in [-0.1, -0.05) is 0 Å². The Morgan fingerprint density at radius 3 is 3.29 bits per heavy atom. The number of nitro groups is 1. The molecule has 0 amide bonds. The third-order valence-electron chi connectivity index (χ3n) is 2.05. The van der Waals surface area contributed by atoms with E-state index < -0.39 is 4.92 Å². The normalized spacial score (nSPS) is 19.9. The van der Waals surface area contributed by atoms with Crippen molar-refractivity contribution in [1.29, 1.82) is 0 Å². The van der Waals surface area contributed by atoms with Gasteiger partial charge in [-0.05, 0) is 4.92 Å². The number of hydrogen-bond acceptors (Lipinski definition) is 5. The number of nitrogens with zero attached hydrogens (tertiary/aromatic N) is 3. The van der Waals surface area contributed by atoms with Crippen molar-refractivity contribution >= 4 is 5.82 Å². The summed E-state index contributed by atoms with van der Waals surface area (Å²) in [4.78, 5) is 13.6. The summed E-state index contributed by atoms with van der Waals surface area (Å²) in [6, 6.07) is 0.282. The predicted octanol–water partition coefficient (Wildman–Crippen LogP) is 0.199. The molecule has 1 aromatic rings. The fourth-order valence-corrected chi connectivity index (χ4v) is 1.30. The van der Waals surface area contributed by atoms with Gasteiger partial charge >= 0.3 is 11.8 Å². The maximum absolute atomic E-state index is 10.4. The highest BCUT2D eigenvalue weighted by molar-refractivity contribution is 5.21. The molecule has 1 aliphatic rings. The lowest BCUT2D eigenvalue weighted by Gasteiger charge is -2.20. The molecule has 1 aromatic heterocycles. The van der Waals surface area contributed by atoms with E-state index in [1.54, 1.807) is 11.7 Å². The SMILES string of the molecule is CO[C@@H]1COc2nc([N+](=O)[O-])cn2C1. The molecule has 1 aliphatic heterocycles. The Hall–Kier alpha value is -1.63. The first-order chi connectivity index (χ1) is 6.70. The van der Waals surface area contributed by atoms with E-state index in [2.05, 4.69) is 4.98 Å². The standard InChI is InChI=1S/C7H9N3O4/c1-13-5-2-9-3-6(10(11)12)8-7(9)14-4-5/h3,5H,2,4H2,1H3/t5-/m0/s1. The third-order valence-corrected chi connectivity index (χ3v) is 2.05. The molecule has 0 radical (unpaired) electrons. The minimum atomic E-state index is -0.545. The molecular weight excluding hydrogens is 190 g/mol. The fourth-order valence-electron chi connectivity index (χ4n) is 1.30. The zero-order chi connectivity index (χ0) is 10.1. The van der Waals surface area contributed by atoms with Crippen LogP contribution in [-0.2, 0) is 11.3 Å². The van der Waals surface area contributed by atoms with E-state index >= 15 is 0 Å². The molecule has 0 N–H and O–H groups in total. The van der Waals surface area contributed by atoms with E-state index in [4.69, 9.17) is 9.47 Å². The van der Waals surface area contributed by atoms with Crippen LogP contribution in [0, 0.1) is 10.1 Å². The molecule has 0 aliphatic carbocycles. The summed E-state index contributed by atoms with van der Waals surface area (Å²) >= 11 is 0. The van der Waals surface area contributed by atoms with Gasteiger partial charge in [0.15, 0.2) is 0 Å². The van der Waals surface area contributed by atoms with Crippen LogP contribution in [-0.4, -0.2) is 34.3 Å². The second kappa shape index (κ2) is 3.26. The first-order valence-corrected chi connectivity index (χ1v) is 4.08. The molecule has 7 nitrogen and oxygen atoms in total. The molecule has 14 heavy (non-hydrogen) atoms. The lowest BCUT2D eigenvalue weighted by atomic mass is 10.3. The third kappa shape index (κ3) is 1.41. The number of imidazole rings is 1. The molecule has 0 fully saturated rings. The van der Waals surface area contributed by atoms with Crippen molar-refractivity contribution in [3.63, 3.8) is 0 Å². The van der Waals surface area contributed by atoms with Gasteiger partial charge in [0.25, 0.3) is 0 Å². The molecule has 0 spiro atoms. The smallest absolute Gasteiger partial charge is 0.414 e. The van der Waals surface area contributed by atoms with Crippen LogP contribution >= 0.6 is 0 Å². The molecule has 0 saturated carbocycles. The van der Waals surface area contributed by atoms with Gasteiger partial charge in [0.2, 0.25) is 0 Å². The zero-order valence-corrected chi connectivity index (χ0v) is 7.54. The number of rotatable bonds is 2. The minimum absolute atomic E-state index is 0.0729. The van der Waals surface area contributed by atoms with Gasteiger partial charge in [-0.3, -0.25) is 4.57 Å². The number of hydrogen-bond donors (Lipinski definition) is 0. The van der Waals surface area contributed by atoms with Crippen LogP contribution in [0.15, 0.2) is 6.20 Å². The second-order valence-electron chi connectivity index (χ2n) is 2.96. The molecule has 0 saturated heterocycles. The molecule has 2 heterocycles. The van der Waals surface area contributed by atoms with Crippen LogP contribution in [0.3, 0.4) is 0 Å². The molecular formula is C7H9N3O4. The maximum atomic E-state index is 10.4. The van der Waals surface area contributed by atoms with Gasteiger partial charge in [0, 0.05) is 12.1 Å². The number of ether oxygens (including phenoxy) is 2.